The minimum absolute atomic E-state index is 0.357. The van der Waals surface area contributed by atoms with E-state index in [4.69, 9.17) is 0 Å². The number of Topliss-reactive ketones (excluding diaryl/α,β-unsaturated/α-hetero) is 1. The molecule has 0 heterocycles. The lowest BCUT2D eigenvalue weighted by Gasteiger charge is -2.00. The Balaban J connectivity index is 2.19. The van der Waals surface area contributed by atoms with Crippen molar-refractivity contribution in [2.45, 2.75) is 32.1 Å². The highest BCUT2D eigenvalue weighted by Crippen LogP contribution is 2.06. The molecule has 0 aliphatic rings. The maximum absolute atomic E-state index is 11.6. The third kappa shape index (κ3) is 5.73. The van der Waals surface area contributed by atoms with Crippen LogP contribution in [0.4, 0.5) is 0 Å². The summed E-state index contributed by atoms with van der Waals surface area (Å²) < 4.78 is 0. The normalized spacial score (nSPS) is 10.2. The average molecular weight is 269 g/mol. The van der Waals surface area contributed by atoms with E-state index < -0.39 is 0 Å². The first-order valence-electron chi connectivity index (χ1n) is 5.44. The van der Waals surface area contributed by atoms with Gasteiger partial charge < -0.3 is 0 Å². The molecule has 0 N–H and O–H groups in total. The summed E-state index contributed by atoms with van der Waals surface area (Å²) in [4.78, 5) is 11.6. The first kappa shape index (κ1) is 12.4. The fraction of sp³-hybridized carbons (Fsp3) is 0.462. The highest BCUT2D eigenvalue weighted by Gasteiger charge is 2.02. The van der Waals surface area contributed by atoms with Crippen molar-refractivity contribution in [3.63, 3.8) is 0 Å². The van der Waals surface area contributed by atoms with Gasteiger partial charge in [0.05, 0.1) is 0 Å². The Bertz CT molecular complexity index is 282. The van der Waals surface area contributed by atoms with Crippen molar-refractivity contribution in [1.82, 2.24) is 0 Å². The fourth-order valence-corrected chi connectivity index (χ4v) is 1.90. The molecule has 1 aromatic rings. The lowest BCUT2D eigenvalue weighted by molar-refractivity contribution is -0.118. The van der Waals surface area contributed by atoms with Crippen LogP contribution < -0.4 is 0 Å². The molecule has 0 bridgehead atoms. The van der Waals surface area contributed by atoms with Crippen LogP contribution in [0.5, 0.6) is 0 Å². The number of carbonyl (C=O) groups is 1. The lowest BCUT2D eigenvalue weighted by Crippen LogP contribution is -2.02. The molecule has 0 radical (unpaired) electrons. The Morgan fingerprint density at radius 1 is 1.07 bits per heavy atom. The van der Waals surface area contributed by atoms with Gasteiger partial charge in [0.15, 0.2) is 0 Å². The second-order valence-corrected chi connectivity index (χ2v) is 4.49. The van der Waals surface area contributed by atoms with Gasteiger partial charge in [-0.1, -0.05) is 52.7 Å². The number of halogens is 1. The summed E-state index contributed by atoms with van der Waals surface area (Å²) in [6.45, 7) is 0. The lowest BCUT2D eigenvalue weighted by atomic mass is 10.0. The van der Waals surface area contributed by atoms with Crippen molar-refractivity contribution >= 4 is 21.7 Å². The van der Waals surface area contributed by atoms with Crippen molar-refractivity contribution in [3.05, 3.63) is 35.9 Å². The standard InChI is InChI=1S/C13H17BrO/c14-10-6-2-5-9-13(15)11-12-7-3-1-4-8-12/h1,3-4,7-8H,2,5-6,9-11H2. The highest BCUT2D eigenvalue weighted by molar-refractivity contribution is 9.09. The number of rotatable bonds is 7. The van der Waals surface area contributed by atoms with E-state index in [1.807, 2.05) is 30.3 Å². The molecule has 0 amide bonds. The topological polar surface area (TPSA) is 17.1 Å². The van der Waals surface area contributed by atoms with Gasteiger partial charge in [-0.3, -0.25) is 4.79 Å². The van der Waals surface area contributed by atoms with E-state index in [-0.39, 0.29) is 0 Å². The van der Waals surface area contributed by atoms with Gasteiger partial charge in [-0.15, -0.1) is 0 Å². The van der Waals surface area contributed by atoms with E-state index in [1.54, 1.807) is 0 Å². The summed E-state index contributed by atoms with van der Waals surface area (Å²) >= 11 is 3.39. The second-order valence-electron chi connectivity index (χ2n) is 3.70. The zero-order valence-corrected chi connectivity index (χ0v) is 10.5. The van der Waals surface area contributed by atoms with E-state index in [9.17, 15) is 4.79 Å². The molecule has 0 aromatic heterocycles. The van der Waals surface area contributed by atoms with Gasteiger partial charge in [-0.05, 0) is 18.4 Å². The molecule has 0 saturated heterocycles. The summed E-state index contributed by atoms with van der Waals surface area (Å²) in [5.41, 5.74) is 1.13. The average Bonchev–Trinajstić information content (AvgIpc) is 2.26. The van der Waals surface area contributed by atoms with E-state index >= 15 is 0 Å². The van der Waals surface area contributed by atoms with Crippen LogP contribution in [0.25, 0.3) is 0 Å². The van der Waals surface area contributed by atoms with Crippen LogP contribution in [-0.2, 0) is 11.2 Å². The summed E-state index contributed by atoms with van der Waals surface area (Å²) in [5, 5.41) is 1.04. The number of hydrogen-bond acceptors (Lipinski definition) is 1. The molecule has 15 heavy (non-hydrogen) atoms. The first-order chi connectivity index (χ1) is 7.33. The van der Waals surface area contributed by atoms with Gasteiger partial charge in [0.1, 0.15) is 5.78 Å². The Morgan fingerprint density at radius 2 is 1.80 bits per heavy atom. The van der Waals surface area contributed by atoms with Crippen LogP contribution >= 0.6 is 15.9 Å². The molecule has 1 nitrogen and oxygen atoms in total. The van der Waals surface area contributed by atoms with Gasteiger partial charge in [0, 0.05) is 18.2 Å². The van der Waals surface area contributed by atoms with Crippen molar-refractivity contribution in [3.8, 4) is 0 Å². The molecule has 0 unspecified atom stereocenters. The van der Waals surface area contributed by atoms with Crippen LogP contribution in [0.15, 0.2) is 30.3 Å². The zero-order valence-electron chi connectivity index (χ0n) is 8.92. The summed E-state index contributed by atoms with van der Waals surface area (Å²) in [6, 6.07) is 9.96. The Labute approximate surface area is 100 Å². The highest BCUT2D eigenvalue weighted by atomic mass is 79.9. The molecule has 1 rings (SSSR count). The largest absolute Gasteiger partial charge is 0.299 e. The molecule has 0 fully saturated rings. The van der Waals surface area contributed by atoms with E-state index in [0.29, 0.717) is 12.2 Å². The maximum Gasteiger partial charge on any atom is 0.137 e. The molecule has 0 saturated carbocycles. The summed E-state index contributed by atoms with van der Waals surface area (Å²) in [5.74, 6) is 0.357. The number of alkyl halides is 1. The SMILES string of the molecule is O=C(CCCCCBr)Cc1ccccc1. The molecule has 1 aromatic carbocycles. The molecular weight excluding hydrogens is 252 g/mol. The van der Waals surface area contributed by atoms with E-state index in [0.717, 1.165) is 30.2 Å². The number of hydrogen-bond donors (Lipinski definition) is 0. The third-order valence-corrected chi connectivity index (χ3v) is 2.89. The number of benzene rings is 1. The van der Waals surface area contributed by atoms with E-state index in [1.165, 1.54) is 6.42 Å². The fourth-order valence-electron chi connectivity index (χ4n) is 1.51. The van der Waals surface area contributed by atoms with Gasteiger partial charge in [-0.25, -0.2) is 0 Å². The minimum atomic E-state index is 0.357. The number of ketones is 1. The maximum atomic E-state index is 11.6. The van der Waals surface area contributed by atoms with Gasteiger partial charge in [0.25, 0.3) is 0 Å². The van der Waals surface area contributed by atoms with Crippen molar-refractivity contribution < 1.29 is 4.79 Å². The predicted molar refractivity (Wildman–Crippen MR) is 67.4 cm³/mol. The van der Waals surface area contributed by atoms with E-state index in [2.05, 4.69) is 15.9 Å². The smallest absolute Gasteiger partial charge is 0.137 e. The quantitative estimate of drug-likeness (QED) is 0.544. The summed E-state index contributed by atoms with van der Waals surface area (Å²) in [6.07, 6.45) is 4.65. The molecule has 2 heteroatoms. The molecule has 82 valence electrons. The molecule has 0 atom stereocenters. The number of unbranched alkanes of at least 4 members (excludes halogenated alkanes) is 2. The zero-order chi connectivity index (χ0) is 10.9. The van der Waals surface area contributed by atoms with Crippen molar-refractivity contribution in [2.24, 2.45) is 0 Å². The Kier molecular flexibility index (Phi) is 6.33. The Hall–Kier alpha value is -0.630. The van der Waals surface area contributed by atoms with Gasteiger partial charge >= 0.3 is 0 Å². The first-order valence-corrected chi connectivity index (χ1v) is 6.56. The van der Waals surface area contributed by atoms with Crippen LogP contribution in [0.2, 0.25) is 0 Å². The predicted octanol–water partition coefficient (Wildman–Crippen LogP) is 3.75. The molecule has 0 aliphatic heterocycles. The van der Waals surface area contributed by atoms with Crippen LogP contribution in [0.1, 0.15) is 31.2 Å². The van der Waals surface area contributed by atoms with Crippen LogP contribution in [0, 0.1) is 0 Å². The van der Waals surface area contributed by atoms with Gasteiger partial charge in [0.2, 0.25) is 0 Å². The minimum Gasteiger partial charge on any atom is -0.299 e. The van der Waals surface area contributed by atoms with Crippen LogP contribution in [0.3, 0.4) is 0 Å². The monoisotopic (exact) mass is 268 g/mol. The number of carbonyl (C=O) groups excluding carboxylic acids is 1. The third-order valence-electron chi connectivity index (χ3n) is 2.33. The van der Waals surface area contributed by atoms with Crippen LogP contribution in [-0.4, -0.2) is 11.1 Å². The van der Waals surface area contributed by atoms with Gasteiger partial charge in [-0.2, -0.15) is 0 Å². The summed E-state index contributed by atoms with van der Waals surface area (Å²) in [7, 11) is 0. The van der Waals surface area contributed by atoms with Crippen molar-refractivity contribution in [1.29, 1.82) is 0 Å². The molecular formula is C13H17BrO. The second kappa shape index (κ2) is 7.63. The molecule has 0 aliphatic carbocycles. The molecule has 0 spiro atoms. The Morgan fingerprint density at radius 3 is 2.47 bits per heavy atom. The van der Waals surface area contributed by atoms with Crippen molar-refractivity contribution in [2.75, 3.05) is 5.33 Å².